The summed E-state index contributed by atoms with van der Waals surface area (Å²) in [5.74, 6) is 0.0667. The van der Waals surface area contributed by atoms with Gasteiger partial charge >= 0.3 is 0 Å². The van der Waals surface area contributed by atoms with Crippen LogP contribution in [0, 0.1) is 12.7 Å². The summed E-state index contributed by atoms with van der Waals surface area (Å²) in [5.41, 5.74) is 1.28. The number of hydrogen-bond acceptors (Lipinski definition) is 4. The van der Waals surface area contributed by atoms with E-state index in [4.69, 9.17) is 11.6 Å². The van der Waals surface area contributed by atoms with Crippen molar-refractivity contribution in [2.45, 2.75) is 13.0 Å². The van der Waals surface area contributed by atoms with Crippen molar-refractivity contribution >= 4 is 17.4 Å². The van der Waals surface area contributed by atoms with Gasteiger partial charge in [0, 0.05) is 18.3 Å². The van der Waals surface area contributed by atoms with Gasteiger partial charge in [0.2, 0.25) is 0 Å². The van der Waals surface area contributed by atoms with E-state index in [0.717, 1.165) is 5.69 Å². The van der Waals surface area contributed by atoms with Gasteiger partial charge in [-0.3, -0.25) is 0 Å². The largest absolute Gasteiger partial charge is 0.387 e. The standard InChI is InChI=1S/C13H13ClFN3O/c1-8-4-13(18-7-17-8)16-6-12(19)9-2-3-10(14)11(15)5-9/h2-5,7,12,19H,6H2,1H3,(H,16,17,18)/t12-/m1/s1. The van der Waals surface area contributed by atoms with Crippen molar-refractivity contribution in [3.05, 3.63) is 52.7 Å². The van der Waals surface area contributed by atoms with Gasteiger partial charge in [-0.25, -0.2) is 14.4 Å². The summed E-state index contributed by atoms with van der Waals surface area (Å²) in [6, 6.07) is 5.99. The number of nitrogens with one attached hydrogen (secondary N) is 1. The van der Waals surface area contributed by atoms with Crippen LogP contribution in [-0.2, 0) is 0 Å². The van der Waals surface area contributed by atoms with Gasteiger partial charge < -0.3 is 10.4 Å². The minimum Gasteiger partial charge on any atom is -0.387 e. The molecule has 0 fully saturated rings. The normalized spacial score (nSPS) is 12.2. The fourth-order valence-corrected chi connectivity index (χ4v) is 1.71. The molecule has 1 heterocycles. The average Bonchev–Trinajstić information content (AvgIpc) is 2.39. The highest BCUT2D eigenvalue weighted by Gasteiger charge is 2.10. The number of anilines is 1. The molecule has 100 valence electrons. The van der Waals surface area contributed by atoms with Crippen molar-refractivity contribution in [2.24, 2.45) is 0 Å². The van der Waals surface area contributed by atoms with E-state index < -0.39 is 11.9 Å². The maximum atomic E-state index is 13.3. The first-order valence-electron chi connectivity index (χ1n) is 5.72. The van der Waals surface area contributed by atoms with Gasteiger partial charge in [0.05, 0.1) is 11.1 Å². The van der Waals surface area contributed by atoms with Crippen molar-refractivity contribution in [3.8, 4) is 0 Å². The molecule has 0 unspecified atom stereocenters. The third-order valence-corrected chi connectivity index (χ3v) is 2.92. The zero-order valence-corrected chi connectivity index (χ0v) is 11.0. The van der Waals surface area contributed by atoms with Crippen LogP contribution in [0.4, 0.5) is 10.2 Å². The number of aromatic nitrogens is 2. The Morgan fingerprint density at radius 1 is 1.37 bits per heavy atom. The molecule has 0 aliphatic carbocycles. The topological polar surface area (TPSA) is 58.0 Å². The van der Waals surface area contributed by atoms with Crippen molar-refractivity contribution in [1.29, 1.82) is 0 Å². The second kappa shape index (κ2) is 5.95. The number of aliphatic hydroxyl groups is 1. The molecule has 4 nitrogen and oxygen atoms in total. The number of rotatable bonds is 4. The van der Waals surface area contributed by atoms with E-state index in [9.17, 15) is 9.50 Å². The second-order valence-electron chi connectivity index (χ2n) is 4.11. The van der Waals surface area contributed by atoms with E-state index in [1.807, 2.05) is 6.92 Å². The van der Waals surface area contributed by atoms with Gasteiger partial charge in [-0.2, -0.15) is 0 Å². The molecule has 0 saturated carbocycles. The third kappa shape index (κ3) is 3.62. The molecule has 1 aromatic heterocycles. The van der Waals surface area contributed by atoms with Crippen molar-refractivity contribution in [1.82, 2.24) is 9.97 Å². The number of halogens is 2. The molecular weight excluding hydrogens is 269 g/mol. The van der Waals surface area contributed by atoms with Gasteiger partial charge in [-0.05, 0) is 24.6 Å². The van der Waals surface area contributed by atoms with E-state index in [2.05, 4.69) is 15.3 Å². The lowest BCUT2D eigenvalue weighted by Crippen LogP contribution is -2.13. The summed E-state index contributed by atoms with van der Waals surface area (Å²) in [6.45, 7) is 2.06. The van der Waals surface area contributed by atoms with E-state index in [0.29, 0.717) is 11.4 Å². The van der Waals surface area contributed by atoms with E-state index >= 15 is 0 Å². The van der Waals surface area contributed by atoms with Crippen LogP contribution in [0.2, 0.25) is 5.02 Å². The maximum Gasteiger partial charge on any atom is 0.142 e. The molecule has 0 saturated heterocycles. The van der Waals surface area contributed by atoms with Crippen LogP contribution >= 0.6 is 11.6 Å². The Hall–Kier alpha value is -1.72. The minimum absolute atomic E-state index is 0.0373. The fourth-order valence-electron chi connectivity index (χ4n) is 1.59. The Kier molecular flexibility index (Phi) is 4.29. The van der Waals surface area contributed by atoms with Crippen molar-refractivity contribution in [3.63, 3.8) is 0 Å². The zero-order valence-electron chi connectivity index (χ0n) is 10.3. The number of aliphatic hydroxyl groups excluding tert-OH is 1. The molecule has 0 bridgehead atoms. The molecule has 2 N–H and O–H groups in total. The first-order chi connectivity index (χ1) is 9.06. The van der Waals surface area contributed by atoms with Crippen molar-refractivity contribution < 1.29 is 9.50 Å². The summed E-state index contributed by atoms with van der Waals surface area (Å²) in [5, 5.41) is 12.9. The van der Waals surface area contributed by atoms with Crippen LogP contribution in [0.5, 0.6) is 0 Å². The SMILES string of the molecule is Cc1cc(NC[C@@H](O)c2ccc(Cl)c(F)c2)ncn1. The summed E-state index contributed by atoms with van der Waals surface area (Å²) in [4.78, 5) is 7.98. The predicted molar refractivity (Wildman–Crippen MR) is 71.6 cm³/mol. The molecule has 0 aliphatic heterocycles. The Morgan fingerprint density at radius 2 is 2.16 bits per heavy atom. The number of nitrogens with zero attached hydrogens (tertiary/aromatic N) is 2. The molecule has 0 spiro atoms. The number of aryl methyl sites for hydroxylation is 1. The Balaban J connectivity index is 2.01. The molecule has 19 heavy (non-hydrogen) atoms. The van der Waals surface area contributed by atoms with Gasteiger partial charge in [-0.15, -0.1) is 0 Å². The van der Waals surface area contributed by atoms with Gasteiger partial charge in [0.25, 0.3) is 0 Å². The molecule has 0 aliphatic rings. The zero-order chi connectivity index (χ0) is 13.8. The van der Waals surface area contributed by atoms with E-state index in [-0.39, 0.29) is 11.6 Å². The molecule has 1 atom stereocenters. The Morgan fingerprint density at radius 3 is 2.84 bits per heavy atom. The van der Waals surface area contributed by atoms with Crippen LogP contribution in [0.1, 0.15) is 17.4 Å². The lowest BCUT2D eigenvalue weighted by atomic mass is 10.1. The second-order valence-corrected chi connectivity index (χ2v) is 4.52. The highest BCUT2D eigenvalue weighted by atomic mass is 35.5. The molecule has 2 aromatic rings. The molecule has 0 radical (unpaired) electrons. The molecule has 1 aromatic carbocycles. The summed E-state index contributed by atoms with van der Waals surface area (Å²) in [6.07, 6.45) is 0.591. The van der Waals surface area contributed by atoms with Gasteiger partial charge in [0.15, 0.2) is 0 Å². The van der Waals surface area contributed by atoms with Crippen LogP contribution in [0.3, 0.4) is 0 Å². The van der Waals surface area contributed by atoms with Crippen LogP contribution in [-0.4, -0.2) is 21.6 Å². The minimum atomic E-state index is -0.845. The monoisotopic (exact) mass is 281 g/mol. The lowest BCUT2D eigenvalue weighted by molar-refractivity contribution is 0.191. The number of benzene rings is 1. The molecule has 0 amide bonds. The van der Waals surface area contributed by atoms with E-state index in [1.54, 1.807) is 12.1 Å². The summed E-state index contributed by atoms with van der Waals surface area (Å²) >= 11 is 5.59. The molecule has 6 heteroatoms. The quantitative estimate of drug-likeness (QED) is 0.905. The van der Waals surface area contributed by atoms with Crippen LogP contribution in [0.25, 0.3) is 0 Å². The van der Waals surface area contributed by atoms with E-state index in [1.165, 1.54) is 18.5 Å². The maximum absolute atomic E-state index is 13.3. The van der Waals surface area contributed by atoms with Gasteiger partial charge in [-0.1, -0.05) is 17.7 Å². The number of hydrogen-bond donors (Lipinski definition) is 2. The predicted octanol–water partition coefficient (Wildman–Crippen LogP) is 2.72. The summed E-state index contributed by atoms with van der Waals surface area (Å²) < 4.78 is 13.3. The lowest BCUT2D eigenvalue weighted by Gasteiger charge is -2.13. The summed E-state index contributed by atoms with van der Waals surface area (Å²) in [7, 11) is 0. The molecular formula is C13H13ClFN3O. The molecule has 2 rings (SSSR count). The van der Waals surface area contributed by atoms with Gasteiger partial charge in [0.1, 0.15) is 18.0 Å². The van der Waals surface area contributed by atoms with Crippen LogP contribution in [0.15, 0.2) is 30.6 Å². The van der Waals surface area contributed by atoms with Crippen molar-refractivity contribution in [2.75, 3.05) is 11.9 Å². The fraction of sp³-hybridized carbons (Fsp3) is 0.231. The average molecular weight is 282 g/mol. The highest BCUT2D eigenvalue weighted by molar-refractivity contribution is 6.30. The Bertz CT molecular complexity index is 580. The smallest absolute Gasteiger partial charge is 0.142 e. The third-order valence-electron chi connectivity index (χ3n) is 2.61. The Labute approximate surface area is 115 Å². The first kappa shape index (κ1) is 13.7. The first-order valence-corrected chi connectivity index (χ1v) is 6.09. The highest BCUT2D eigenvalue weighted by Crippen LogP contribution is 2.20. The van der Waals surface area contributed by atoms with Crippen LogP contribution < -0.4 is 5.32 Å².